The summed E-state index contributed by atoms with van der Waals surface area (Å²) in [6.07, 6.45) is 5.87. The molecule has 0 bridgehead atoms. The lowest BCUT2D eigenvalue weighted by Gasteiger charge is -2.17. The smallest absolute Gasteiger partial charge is 0.0219 e. The number of aryl methyl sites for hydroxylation is 2. The fourth-order valence-electron chi connectivity index (χ4n) is 2.72. The van der Waals surface area contributed by atoms with Crippen LogP contribution in [0.15, 0.2) is 6.07 Å². The van der Waals surface area contributed by atoms with Crippen molar-refractivity contribution in [3.8, 4) is 0 Å². The molecule has 1 aromatic heterocycles. The maximum absolute atomic E-state index is 3.82. The van der Waals surface area contributed by atoms with Crippen molar-refractivity contribution in [1.29, 1.82) is 0 Å². The predicted octanol–water partition coefficient (Wildman–Crippen LogP) is 3.64. The van der Waals surface area contributed by atoms with Gasteiger partial charge in [-0.1, -0.05) is 0 Å². The first kappa shape index (κ1) is 10.8. The van der Waals surface area contributed by atoms with Crippen LogP contribution in [0.3, 0.4) is 0 Å². The third kappa shape index (κ3) is 2.33. The third-order valence-electron chi connectivity index (χ3n) is 3.93. The van der Waals surface area contributed by atoms with Gasteiger partial charge in [0.25, 0.3) is 0 Å². The van der Waals surface area contributed by atoms with Gasteiger partial charge >= 0.3 is 0 Å². The molecule has 2 aliphatic rings. The molecule has 2 aliphatic carbocycles. The Morgan fingerprint density at radius 3 is 2.31 bits per heavy atom. The van der Waals surface area contributed by atoms with E-state index >= 15 is 0 Å². The average molecular weight is 235 g/mol. The third-order valence-corrected chi connectivity index (χ3v) is 4.94. The Hall–Kier alpha value is -0.340. The van der Waals surface area contributed by atoms with Crippen LogP contribution >= 0.6 is 11.3 Å². The summed E-state index contributed by atoms with van der Waals surface area (Å²) < 4.78 is 0. The summed E-state index contributed by atoms with van der Waals surface area (Å²) in [5, 5.41) is 3.82. The Kier molecular flexibility index (Phi) is 2.80. The molecule has 0 radical (unpaired) electrons. The Labute approximate surface area is 102 Å². The van der Waals surface area contributed by atoms with Gasteiger partial charge in [0, 0.05) is 22.3 Å². The highest BCUT2D eigenvalue weighted by Crippen LogP contribution is 2.44. The van der Waals surface area contributed by atoms with E-state index in [0.29, 0.717) is 0 Å². The number of hydrogen-bond donors (Lipinski definition) is 1. The van der Waals surface area contributed by atoms with E-state index in [0.717, 1.165) is 24.4 Å². The first-order chi connectivity index (χ1) is 7.74. The molecule has 0 atom stereocenters. The fraction of sp³-hybridized carbons (Fsp3) is 0.714. The molecule has 0 unspecified atom stereocenters. The second-order valence-corrected chi connectivity index (χ2v) is 6.98. The monoisotopic (exact) mass is 235 g/mol. The van der Waals surface area contributed by atoms with E-state index in [-0.39, 0.29) is 0 Å². The normalized spacial score (nSPS) is 20.7. The lowest BCUT2D eigenvalue weighted by Crippen LogP contribution is -2.32. The SMILES string of the molecule is Cc1cc(CNC(C2CC2)C2CC2)c(C)s1. The van der Waals surface area contributed by atoms with Gasteiger partial charge in [-0.15, -0.1) is 11.3 Å². The van der Waals surface area contributed by atoms with Crippen LogP contribution in [-0.4, -0.2) is 6.04 Å². The molecule has 88 valence electrons. The molecule has 2 fully saturated rings. The molecule has 1 N–H and O–H groups in total. The first-order valence-electron chi connectivity index (χ1n) is 6.53. The van der Waals surface area contributed by atoms with Crippen LogP contribution in [0.25, 0.3) is 0 Å². The van der Waals surface area contributed by atoms with Gasteiger partial charge in [-0.25, -0.2) is 0 Å². The molecule has 16 heavy (non-hydrogen) atoms. The largest absolute Gasteiger partial charge is 0.309 e. The molecule has 0 aliphatic heterocycles. The van der Waals surface area contributed by atoms with Crippen LogP contribution in [0.2, 0.25) is 0 Å². The number of rotatable bonds is 5. The Bertz CT molecular complexity index is 362. The van der Waals surface area contributed by atoms with E-state index in [1.165, 1.54) is 41.0 Å². The summed E-state index contributed by atoms with van der Waals surface area (Å²) in [4.78, 5) is 2.94. The van der Waals surface area contributed by atoms with E-state index in [2.05, 4.69) is 25.2 Å². The van der Waals surface area contributed by atoms with Crippen molar-refractivity contribution < 1.29 is 0 Å². The summed E-state index contributed by atoms with van der Waals surface area (Å²) in [6.45, 7) is 5.55. The van der Waals surface area contributed by atoms with Gasteiger partial charge in [0.2, 0.25) is 0 Å². The highest BCUT2D eigenvalue weighted by molar-refractivity contribution is 7.12. The van der Waals surface area contributed by atoms with Crippen molar-refractivity contribution in [2.75, 3.05) is 0 Å². The summed E-state index contributed by atoms with van der Waals surface area (Å²) >= 11 is 1.93. The van der Waals surface area contributed by atoms with Gasteiger partial charge in [-0.3, -0.25) is 0 Å². The van der Waals surface area contributed by atoms with Crippen molar-refractivity contribution in [1.82, 2.24) is 5.32 Å². The highest BCUT2D eigenvalue weighted by Gasteiger charge is 2.40. The Balaban J connectivity index is 1.60. The maximum atomic E-state index is 3.82. The first-order valence-corrected chi connectivity index (χ1v) is 7.35. The summed E-state index contributed by atoms with van der Waals surface area (Å²) in [5.74, 6) is 2.01. The number of nitrogens with one attached hydrogen (secondary N) is 1. The van der Waals surface area contributed by atoms with Crippen molar-refractivity contribution in [2.45, 2.75) is 52.1 Å². The van der Waals surface area contributed by atoms with Gasteiger partial charge in [-0.05, 0) is 63.0 Å². The van der Waals surface area contributed by atoms with E-state index in [9.17, 15) is 0 Å². The summed E-state index contributed by atoms with van der Waals surface area (Å²) in [6, 6.07) is 3.18. The Morgan fingerprint density at radius 2 is 1.88 bits per heavy atom. The molecule has 1 heterocycles. The zero-order valence-corrected chi connectivity index (χ0v) is 11.1. The van der Waals surface area contributed by atoms with Gasteiger partial charge in [0.15, 0.2) is 0 Å². The van der Waals surface area contributed by atoms with Gasteiger partial charge in [-0.2, -0.15) is 0 Å². The molecular weight excluding hydrogens is 214 g/mol. The highest BCUT2D eigenvalue weighted by atomic mass is 32.1. The molecule has 2 saturated carbocycles. The fourth-order valence-corrected chi connectivity index (χ4v) is 3.66. The van der Waals surface area contributed by atoms with E-state index in [1.807, 2.05) is 11.3 Å². The van der Waals surface area contributed by atoms with E-state index < -0.39 is 0 Å². The lowest BCUT2D eigenvalue weighted by atomic mass is 10.1. The van der Waals surface area contributed by atoms with E-state index in [4.69, 9.17) is 0 Å². The second-order valence-electron chi connectivity index (χ2n) is 5.52. The van der Waals surface area contributed by atoms with Crippen molar-refractivity contribution in [2.24, 2.45) is 11.8 Å². The van der Waals surface area contributed by atoms with Crippen molar-refractivity contribution in [3.63, 3.8) is 0 Å². The minimum absolute atomic E-state index is 0.833. The van der Waals surface area contributed by atoms with Gasteiger partial charge in [0.05, 0.1) is 0 Å². The van der Waals surface area contributed by atoms with Crippen LogP contribution in [0.5, 0.6) is 0 Å². The lowest BCUT2D eigenvalue weighted by molar-refractivity contribution is 0.415. The maximum Gasteiger partial charge on any atom is 0.0219 e. The molecule has 0 aromatic carbocycles. The van der Waals surface area contributed by atoms with Crippen LogP contribution in [0, 0.1) is 25.7 Å². The van der Waals surface area contributed by atoms with Crippen LogP contribution in [-0.2, 0) is 6.54 Å². The molecule has 0 spiro atoms. The topological polar surface area (TPSA) is 12.0 Å². The standard InChI is InChI=1S/C14H21NS/c1-9-7-13(10(2)16-9)8-15-14(11-3-4-11)12-5-6-12/h7,11-12,14-15H,3-6,8H2,1-2H3. The van der Waals surface area contributed by atoms with Crippen LogP contribution < -0.4 is 5.32 Å². The molecule has 2 heteroatoms. The second kappa shape index (κ2) is 4.15. The summed E-state index contributed by atoms with van der Waals surface area (Å²) in [5.41, 5.74) is 1.52. The van der Waals surface area contributed by atoms with Crippen molar-refractivity contribution >= 4 is 11.3 Å². The molecule has 1 nitrogen and oxygen atoms in total. The molecule has 0 amide bonds. The van der Waals surface area contributed by atoms with Crippen LogP contribution in [0.1, 0.15) is 41.0 Å². The molecule has 1 aromatic rings. The van der Waals surface area contributed by atoms with Gasteiger partial charge < -0.3 is 5.32 Å². The van der Waals surface area contributed by atoms with Crippen LogP contribution in [0.4, 0.5) is 0 Å². The van der Waals surface area contributed by atoms with Crippen molar-refractivity contribution in [3.05, 3.63) is 21.4 Å². The molecular formula is C14H21NS. The minimum Gasteiger partial charge on any atom is -0.309 e. The van der Waals surface area contributed by atoms with E-state index in [1.54, 1.807) is 0 Å². The predicted molar refractivity (Wildman–Crippen MR) is 69.9 cm³/mol. The molecule has 3 rings (SSSR count). The zero-order chi connectivity index (χ0) is 11.1. The summed E-state index contributed by atoms with van der Waals surface area (Å²) in [7, 11) is 0. The minimum atomic E-state index is 0.833. The zero-order valence-electron chi connectivity index (χ0n) is 10.3. The molecule has 0 saturated heterocycles. The average Bonchev–Trinajstić information content (AvgIpc) is 3.11. The number of thiophene rings is 1. The quantitative estimate of drug-likeness (QED) is 0.821. The van der Waals surface area contributed by atoms with Gasteiger partial charge in [0.1, 0.15) is 0 Å². The Morgan fingerprint density at radius 1 is 1.25 bits per heavy atom. The number of hydrogen-bond acceptors (Lipinski definition) is 2.